The van der Waals surface area contributed by atoms with Gasteiger partial charge in [-0.3, -0.25) is 9.79 Å². The summed E-state index contributed by atoms with van der Waals surface area (Å²) in [5.41, 5.74) is -0.483. The van der Waals surface area contributed by atoms with Gasteiger partial charge in [0.2, 0.25) is 0 Å². The van der Waals surface area contributed by atoms with Crippen LogP contribution in [0.1, 0.15) is 47.5 Å². The molecule has 29 heavy (non-hydrogen) atoms. The van der Waals surface area contributed by atoms with Crippen molar-refractivity contribution in [3.8, 4) is 0 Å². The largest absolute Gasteiger partial charge is 0.469 e. The molecule has 0 aromatic heterocycles. The normalized spacial score (nSPS) is 25.7. The second-order valence-corrected chi connectivity index (χ2v) is 9.14. The molecule has 0 bridgehead atoms. The number of guanidine groups is 1. The minimum atomic E-state index is -0.483. The highest BCUT2D eigenvalue weighted by Crippen LogP contribution is 2.25. The van der Waals surface area contributed by atoms with Gasteiger partial charge in [0.1, 0.15) is 5.60 Å². The van der Waals surface area contributed by atoms with Gasteiger partial charge in [-0.25, -0.2) is 4.79 Å². The topological polar surface area (TPSA) is 83.5 Å². The van der Waals surface area contributed by atoms with Crippen LogP contribution in [0.2, 0.25) is 0 Å². The number of nitrogens with zero attached hydrogens (tertiary/aromatic N) is 3. The molecule has 2 rings (SSSR count). The molecular weight excluding hydrogens is 372 g/mol. The molecule has 2 fully saturated rings. The zero-order chi connectivity index (χ0) is 21.6. The summed E-state index contributed by atoms with van der Waals surface area (Å²) in [5.74, 6) is 1.09. The molecular formula is C21H38N4O4. The molecule has 1 N–H and O–H groups in total. The number of amides is 1. The lowest BCUT2D eigenvalue weighted by Gasteiger charge is -2.33. The molecule has 0 aromatic carbocycles. The minimum absolute atomic E-state index is 0.124. The summed E-state index contributed by atoms with van der Waals surface area (Å²) in [7, 11) is 1.44. The van der Waals surface area contributed by atoms with E-state index in [9.17, 15) is 9.59 Å². The molecule has 3 atom stereocenters. The summed E-state index contributed by atoms with van der Waals surface area (Å²) in [6, 6.07) is 0. The monoisotopic (exact) mass is 410 g/mol. The van der Waals surface area contributed by atoms with E-state index in [-0.39, 0.29) is 23.9 Å². The molecule has 0 spiro atoms. The van der Waals surface area contributed by atoms with Gasteiger partial charge < -0.3 is 24.6 Å². The Balaban J connectivity index is 1.97. The fourth-order valence-electron chi connectivity index (χ4n) is 3.95. The second-order valence-electron chi connectivity index (χ2n) is 9.14. The SMILES string of the molecule is CCNC(=NCC1CCCN(C(=O)OC(C)(C)C)C1)N1CC(C)C(C(=O)OC)C1. The van der Waals surface area contributed by atoms with Crippen LogP contribution in [-0.4, -0.2) is 79.8 Å². The Labute approximate surface area is 175 Å². The lowest BCUT2D eigenvalue weighted by Crippen LogP contribution is -2.44. The van der Waals surface area contributed by atoms with E-state index in [2.05, 4.69) is 17.1 Å². The Bertz CT molecular complexity index is 602. The van der Waals surface area contributed by atoms with Crippen molar-refractivity contribution in [2.24, 2.45) is 22.7 Å². The van der Waals surface area contributed by atoms with Crippen LogP contribution in [0.25, 0.3) is 0 Å². The van der Waals surface area contributed by atoms with Crippen molar-refractivity contribution in [1.82, 2.24) is 15.1 Å². The summed E-state index contributed by atoms with van der Waals surface area (Å²) in [6.07, 6.45) is 1.76. The van der Waals surface area contributed by atoms with E-state index in [1.807, 2.05) is 27.7 Å². The van der Waals surface area contributed by atoms with Gasteiger partial charge in [0.15, 0.2) is 5.96 Å². The average molecular weight is 411 g/mol. The van der Waals surface area contributed by atoms with Gasteiger partial charge in [0.05, 0.1) is 13.0 Å². The molecule has 2 aliphatic heterocycles. The van der Waals surface area contributed by atoms with Gasteiger partial charge in [-0.15, -0.1) is 0 Å². The Morgan fingerprint density at radius 3 is 2.52 bits per heavy atom. The van der Waals surface area contributed by atoms with E-state index < -0.39 is 5.60 Å². The highest BCUT2D eigenvalue weighted by molar-refractivity contribution is 5.82. The van der Waals surface area contributed by atoms with Crippen molar-refractivity contribution in [2.45, 2.75) is 53.1 Å². The molecule has 2 aliphatic rings. The van der Waals surface area contributed by atoms with Crippen LogP contribution in [0.3, 0.4) is 0 Å². The van der Waals surface area contributed by atoms with Crippen LogP contribution in [0.4, 0.5) is 4.79 Å². The third-order valence-corrected chi connectivity index (χ3v) is 5.42. The molecule has 0 aromatic rings. The first kappa shape index (κ1) is 23.3. The number of nitrogens with one attached hydrogen (secondary N) is 1. The van der Waals surface area contributed by atoms with E-state index in [1.165, 1.54) is 7.11 Å². The highest BCUT2D eigenvalue weighted by Gasteiger charge is 2.37. The third-order valence-electron chi connectivity index (χ3n) is 5.42. The first-order valence-corrected chi connectivity index (χ1v) is 10.7. The maximum absolute atomic E-state index is 12.4. The first-order valence-electron chi connectivity index (χ1n) is 10.7. The summed E-state index contributed by atoms with van der Waals surface area (Å²) in [4.78, 5) is 33.2. The predicted octanol–water partition coefficient (Wildman–Crippen LogP) is 2.34. The fourth-order valence-corrected chi connectivity index (χ4v) is 3.95. The Kier molecular flexibility index (Phi) is 8.16. The number of likely N-dealkylation sites (tertiary alicyclic amines) is 2. The smallest absolute Gasteiger partial charge is 0.410 e. The lowest BCUT2D eigenvalue weighted by atomic mass is 9.98. The van der Waals surface area contributed by atoms with Gasteiger partial charge in [-0.2, -0.15) is 0 Å². The first-order chi connectivity index (χ1) is 13.6. The van der Waals surface area contributed by atoms with Crippen LogP contribution in [0.15, 0.2) is 4.99 Å². The maximum atomic E-state index is 12.4. The Morgan fingerprint density at radius 2 is 1.90 bits per heavy atom. The number of hydrogen-bond donors (Lipinski definition) is 1. The summed E-state index contributed by atoms with van der Waals surface area (Å²) >= 11 is 0. The van der Waals surface area contributed by atoms with E-state index in [0.29, 0.717) is 25.6 Å². The zero-order valence-electron chi connectivity index (χ0n) is 18.9. The van der Waals surface area contributed by atoms with E-state index in [0.717, 1.165) is 38.4 Å². The second kappa shape index (κ2) is 10.2. The third kappa shape index (κ3) is 6.78. The molecule has 1 amide bonds. The molecule has 166 valence electrons. The molecule has 0 saturated carbocycles. The van der Waals surface area contributed by atoms with Crippen molar-refractivity contribution >= 4 is 18.0 Å². The van der Waals surface area contributed by atoms with Gasteiger partial charge in [0.25, 0.3) is 0 Å². The van der Waals surface area contributed by atoms with Crippen LogP contribution in [0, 0.1) is 17.8 Å². The van der Waals surface area contributed by atoms with Crippen molar-refractivity contribution in [3.05, 3.63) is 0 Å². The number of rotatable bonds is 4. The highest BCUT2D eigenvalue weighted by atomic mass is 16.6. The van der Waals surface area contributed by atoms with Crippen molar-refractivity contribution < 1.29 is 19.1 Å². The number of hydrogen-bond acceptors (Lipinski definition) is 5. The number of carbonyl (C=O) groups excluding carboxylic acids is 2. The number of aliphatic imine (C=N–C) groups is 1. The summed E-state index contributed by atoms with van der Waals surface area (Å²) < 4.78 is 10.5. The Hall–Kier alpha value is -1.99. The number of carbonyl (C=O) groups is 2. The van der Waals surface area contributed by atoms with Gasteiger partial charge in [-0.05, 0) is 52.4 Å². The van der Waals surface area contributed by atoms with Crippen LogP contribution in [-0.2, 0) is 14.3 Å². The molecule has 3 unspecified atom stereocenters. The number of piperidine rings is 1. The van der Waals surface area contributed by atoms with Crippen molar-refractivity contribution in [1.29, 1.82) is 0 Å². The molecule has 2 saturated heterocycles. The number of ether oxygens (including phenoxy) is 2. The van der Waals surface area contributed by atoms with Gasteiger partial charge in [0, 0.05) is 39.3 Å². The fraction of sp³-hybridized carbons (Fsp3) is 0.857. The van der Waals surface area contributed by atoms with E-state index in [4.69, 9.17) is 14.5 Å². The predicted molar refractivity (Wildman–Crippen MR) is 113 cm³/mol. The average Bonchev–Trinajstić information content (AvgIpc) is 3.05. The van der Waals surface area contributed by atoms with E-state index in [1.54, 1.807) is 4.90 Å². The van der Waals surface area contributed by atoms with Crippen LogP contribution >= 0.6 is 0 Å². The summed E-state index contributed by atoms with van der Waals surface area (Å²) in [6.45, 7) is 14.0. The quantitative estimate of drug-likeness (QED) is 0.435. The van der Waals surface area contributed by atoms with Gasteiger partial charge >= 0.3 is 12.1 Å². The maximum Gasteiger partial charge on any atom is 0.410 e. The van der Waals surface area contributed by atoms with Crippen molar-refractivity contribution in [2.75, 3.05) is 46.4 Å². The minimum Gasteiger partial charge on any atom is -0.469 e. The Morgan fingerprint density at radius 1 is 1.17 bits per heavy atom. The molecule has 8 nitrogen and oxygen atoms in total. The van der Waals surface area contributed by atoms with Crippen LogP contribution in [0.5, 0.6) is 0 Å². The molecule has 2 heterocycles. The van der Waals surface area contributed by atoms with Gasteiger partial charge in [-0.1, -0.05) is 6.92 Å². The number of methoxy groups -OCH3 is 1. The molecule has 8 heteroatoms. The molecule has 0 aliphatic carbocycles. The standard InChI is InChI=1S/C21H38N4O4/c1-7-22-19(25-12-15(2)17(14-25)18(26)28-6)23-11-16-9-8-10-24(13-16)20(27)29-21(3,4)5/h15-17H,7-14H2,1-6H3,(H,22,23). The molecule has 0 radical (unpaired) electrons. The van der Waals surface area contributed by atoms with Crippen molar-refractivity contribution in [3.63, 3.8) is 0 Å². The lowest BCUT2D eigenvalue weighted by molar-refractivity contribution is -0.145. The van der Waals surface area contributed by atoms with Crippen LogP contribution < -0.4 is 5.32 Å². The van der Waals surface area contributed by atoms with E-state index >= 15 is 0 Å². The summed E-state index contributed by atoms with van der Waals surface area (Å²) in [5, 5.41) is 3.35. The zero-order valence-corrected chi connectivity index (χ0v) is 18.9. The number of esters is 1.